The van der Waals surface area contributed by atoms with Crippen LogP contribution in [0.4, 0.5) is 10.6 Å². The van der Waals surface area contributed by atoms with Crippen LogP contribution in [0.5, 0.6) is 0 Å². The Labute approximate surface area is 133 Å². The first-order chi connectivity index (χ1) is 9.97. The van der Waals surface area contributed by atoms with Crippen molar-refractivity contribution in [2.75, 3.05) is 24.5 Å². The predicted octanol–water partition coefficient (Wildman–Crippen LogP) is 1.73. The summed E-state index contributed by atoms with van der Waals surface area (Å²) in [6, 6.07) is -0.0277. The number of imidazole rings is 1. The van der Waals surface area contributed by atoms with Crippen molar-refractivity contribution in [3.63, 3.8) is 0 Å². The molecule has 0 radical (unpaired) electrons. The van der Waals surface area contributed by atoms with Gasteiger partial charge < -0.3 is 14.9 Å². The van der Waals surface area contributed by atoms with E-state index in [1.54, 1.807) is 10.7 Å². The maximum Gasteiger partial charge on any atom is 0.407 e. The summed E-state index contributed by atoms with van der Waals surface area (Å²) in [7, 11) is 0. The third-order valence-electron chi connectivity index (χ3n) is 3.45. The monoisotopic (exact) mass is 374 g/mol. The zero-order valence-electron chi connectivity index (χ0n) is 11.1. The number of halogens is 2. The first kappa shape index (κ1) is 14.3. The number of carboxylic acid groups (broad SMARTS) is 1. The molecule has 1 fully saturated rings. The van der Waals surface area contributed by atoms with Gasteiger partial charge in [-0.1, -0.05) is 0 Å². The van der Waals surface area contributed by atoms with Gasteiger partial charge in [0.05, 0.1) is 6.20 Å². The van der Waals surface area contributed by atoms with Crippen LogP contribution in [0, 0.1) is 0 Å². The van der Waals surface area contributed by atoms with Crippen molar-refractivity contribution in [1.82, 2.24) is 24.5 Å². The Bertz CT molecular complexity index is 707. The van der Waals surface area contributed by atoms with Crippen molar-refractivity contribution in [2.24, 2.45) is 0 Å². The maximum atomic E-state index is 11.1. The van der Waals surface area contributed by atoms with Gasteiger partial charge in [-0.15, -0.1) is 5.10 Å². The topological polar surface area (TPSA) is 86.9 Å². The molecule has 10 heteroatoms. The van der Waals surface area contributed by atoms with Crippen LogP contribution in [-0.2, 0) is 0 Å². The highest BCUT2D eigenvalue weighted by molar-refractivity contribution is 9.10. The molecule has 0 saturated carbocycles. The molecule has 0 bridgehead atoms. The molecule has 0 aliphatic carbocycles. The molecule has 0 unspecified atom stereocenters. The highest BCUT2D eigenvalue weighted by atomic mass is 79.9. The van der Waals surface area contributed by atoms with E-state index in [1.807, 2.05) is 11.8 Å². The molecular weight excluding hydrogens is 364 g/mol. The lowest BCUT2D eigenvalue weighted by Gasteiger charge is -2.39. The van der Waals surface area contributed by atoms with Crippen LogP contribution in [-0.4, -0.2) is 61.4 Å². The highest BCUT2D eigenvalue weighted by Gasteiger charge is 2.29. The fourth-order valence-electron chi connectivity index (χ4n) is 2.45. The van der Waals surface area contributed by atoms with E-state index >= 15 is 0 Å². The van der Waals surface area contributed by atoms with Gasteiger partial charge in [0, 0.05) is 25.7 Å². The van der Waals surface area contributed by atoms with E-state index in [4.69, 9.17) is 16.7 Å². The Morgan fingerprint density at radius 1 is 1.52 bits per heavy atom. The summed E-state index contributed by atoms with van der Waals surface area (Å²) >= 11 is 9.33. The van der Waals surface area contributed by atoms with Gasteiger partial charge in [0.1, 0.15) is 4.60 Å². The lowest BCUT2D eigenvalue weighted by atomic mass is 10.2. The number of amides is 1. The van der Waals surface area contributed by atoms with Crippen LogP contribution < -0.4 is 4.90 Å². The van der Waals surface area contributed by atoms with Gasteiger partial charge in [-0.25, -0.2) is 14.3 Å². The number of hydrogen-bond donors (Lipinski definition) is 1. The van der Waals surface area contributed by atoms with E-state index in [9.17, 15) is 4.79 Å². The molecule has 1 aliphatic rings. The minimum atomic E-state index is -0.907. The normalized spacial score (nSPS) is 19.3. The van der Waals surface area contributed by atoms with Crippen molar-refractivity contribution in [2.45, 2.75) is 13.0 Å². The van der Waals surface area contributed by atoms with Gasteiger partial charge in [-0.2, -0.15) is 4.98 Å². The number of fused-ring (bicyclic) bond motifs is 1. The molecule has 1 aliphatic heterocycles. The molecule has 8 nitrogen and oxygen atoms in total. The van der Waals surface area contributed by atoms with E-state index in [-0.39, 0.29) is 11.3 Å². The Kier molecular flexibility index (Phi) is 3.62. The fraction of sp³-hybridized carbons (Fsp3) is 0.455. The lowest BCUT2D eigenvalue weighted by Crippen LogP contribution is -2.53. The molecule has 112 valence electrons. The van der Waals surface area contributed by atoms with Crippen molar-refractivity contribution in [3.05, 3.63) is 16.1 Å². The van der Waals surface area contributed by atoms with Crippen LogP contribution in [0.25, 0.3) is 5.65 Å². The molecule has 1 atom stereocenters. The molecule has 1 N–H and O–H groups in total. The summed E-state index contributed by atoms with van der Waals surface area (Å²) in [4.78, 5) is 23.0. The first-order valence-electron chi connectivity index (χ1n) is 6.28. The summed E-state index contributed by atoms with van der Waals surface area (Å²) < 4.78 is 2.25. The molecule has 21 heavy (non-hydrogen) atoms. The maximum absolute atomic E-state index is 11.1. The average molecular weight is 376 g/mol. The number of piperazine rings is 1. The Balaban J connectivity index is 1.99. The third kappa shape index (κ3) is 2.51. The Morgan fingerprint density at radius 2 is 2.29 bits per heavy atom. The minimum absolute atomic E-state index is 0.0277. The number of anilines is 1. The number of rotatable bonds is 1. The zero-order chi connectivity index (χ0) is 15.1. The fourth-order valence-corrected chi connectivity index (χ4v) is 2.96. The van der Waals surface area contributed by atoms with Crippen LogP contribution in [0.2, 0.25) is 5.28 Å². The molecule has 0 spiro atoms. The van der Waals surface area contributed by atoms with E-state index in [2.05, 4.69) is 31.0 Å². The predicted molar refractivity (Wildman–Crippen MR) is 79.9 cm³/mol. The SMILES string of the molecule is C[C@H]1CN(C(=O)O)CCN1c1nc(Cl)nn2c(Br)cnc12. The average Bonchev–Trinajstić information content (AvgIpc) is 2.79. The molecule has 3 heterocycles. The number of aromatic nitrogens is 4. The third-order valence-corrected chi connectivity index (χ3v) is 4.15. The van der Waals surface area contributed by atoms with Gasteiger partial charge in [-0.3, -0.25) is 0 Å². The van der Waals surface area contributed by atoms with Crippen molar-refractivity contribution in [1.29, 1.82) is 0 Å². The van der Waals surface area contributed by atoms with Gasteiger partial charge in [-0.05, 0) is 34.5 Å². The standard InChI is InChI=1S/C11H12BrClN6O2/c1-6-5-17(11(20)21)2-3-18(6)9-8-14-4-7(12)19(8)16-10(13)15-9/h4,6H,2-3,5H2,1H3,(H,20,21)/t6-/m0/s1. The molecule has 3 rings (SSSR count). The zero-order valence-corrected chi connectivity index (χ0v) is 13.4. The minimum Gasteiger partial charge on any atom is -0.465 e. The Morgan fingerprint density at radius 3 is 2.95 bits per heavy atom. The second-order valence-corrected chi connectivity index (χ2v) is 5.94. The summed E-state index contributed by atoms with van der Waals surface area (Å²) in [5.74, 6) is 0.609. The van der Waals surface area contributed by atoms with E-state index < -0.39 is 6.09 Å². The van der Waals surface area contributed by atoms with Crippen LogP contribution in [0.15, 0.2) is 10.8 Å². The summed E-state index contributed by atoms with van der Waals surface area (Å²) in [5, 5.41) is 13.3. The summed E-state index contributed by atoms with van der Waals surface area (Å²) in [6.45, 7) is 3.29. The van der Waals surface area contributed by atoms with E-state index in [0.29, 0.717) is 35.7 Å². The lowest BCUT2D eigenvalue weighted by molar-refractivity contribution is 0.136. The van der Waals surface area contributed by atoms with Crippen molar-refractivity contribution < 1.29 is 9.90 Å². The molecule has 1 saturated heterocycles. The number of carbonyl (C=O) groups is 1. The van der Waals surface area contributed by atoms with E-state index in [0.717, 1.165) is 0 Å². The Hall–Kier alpha value is -1.61. The molecule has 2 aromatic heterocycles. The molecule has 1 amide bonds. The largest absolute Gasteiger partial charge is 0.465 e. The second kappa shape index (κ2) is 5.30. The van der Waals surface area contributed by atoms with Gasteiger partial charge in [0.15, 0.2) is 11.5 Å². The second-order valence-electron chi connectivity index (χ2n) is 4.79. The smallest absolute Gasteiger partial charge is 0.407 e. The van der Waals surface area contributed by atoms with Crippen molar-refractivity contribution in [3.8, 4) is 0 Å². The van der Waals surface area contributed by atoms with Crippen molar-refractivity contribution >= 4 is 45.1 Å². The summed E-state index contributed by atoms with van der Waals surface area (Å²) in [5.41, 5.74) is 0.585. The van der Waals surface area contributed by atoms with Gasteiger partial charge >= 0.3 is 6.09 Å². The van der Waals surface area contributed by atoms with Crippen LogP contribution in [0.3, 0.4) is 0 Å². The molecule has 2 aromatic rings. The van der Waals surface area contributed by atoms with Gasteiger partial charge in [0.25, 0.3) is 0 Å². The van der Waals surface area contributed by atoms with Gasteiger partial charge in [0.2, 0.25) is 5.28 Å². The number of hydrogen-bond acceptors (Lipinski definition) is 5. The van der Waals surface area contributed by atoms with Crippen LogP contribution in [0.1, 0.15) is 6.92 Å². The first-order valence-corrected chi connectivity index (χ1v) is 7.45. The van der Waals surface area contributed by atoms with Crippen LogP contribution >= 0.6 is 27.5 Å². The number of nitrogens with zero attached hydrogens (tertiary/aromatic N) is 6. The van der Waals surface area contributed by atoms with E-state index in [1.165, 1.54) is 4.90 Å². The molecular formula is C11H12BrClN6O2. The molecule has 0 aromatic carbocycles. The quantitative estimate of drug-likeness (QED) is 0.817. The summed E-state index contributed by atoms with van der Waals surface area (Å²) in [6.07, 6.45) is 0.720. The highest BCUT2D eigenvalue weighted by Crippen LogP contribution is 2.25.